The predicted octanol–water partition coefficient (Wildman–Crippen LogP) is 5.63. The molecule has 25 heavy (non-hydrogen) atoms. The van der Waals surface area contributed by atoms with Gasteiger partial charge in [-0.2, -0.15) is 0 Å². The van der Waals surface area contributed by atoms with E-state index in [0.717, 1.165) is 42.3 Å². The van der Waals surface area contributed by atoms with E-state index in [9.17, 15) is 0 Å². The predicted molar refractivity (Wildman–Crippen MR) is 105 cm³/mol. The molecule has 0 aliphatic carbocycles. The second-order valence-electron chi connectivity index (χ2n) is 6.10. The minimum Gasteiger partial charge on any atom is -0.488 e. The highest BCUT2D eigenvalue weighted by molar-refractivity contribution is 7.16. The average Bonchev–Trinajstić information content (AvgIpc) is 3.26. The highest BCUT2D eigenvalue weighted by atomic mass is 35.5. The second-order valence-corrected chi connectivity index (χ2v) is 7.90. The summed E-state index contributed by atoms with van der Waals surface area (Å²) in [5.41, 5.74) is 1.28. The van der Waals surface area contributed by atoms with Gasteiger partial charge in [-0.1, -0.05) is 43.1 Å². The monoisotopic (exact) mass is 374 g/mol. The van der Waals surface area contributed by atoms with Crippen LogP contribution in [0.25, 0.3) is 0 Å². The van der Waals surface area contributed by atoms with E-state index in [-0.39, 0.29) is 6.10 Å². The van der Waals surface area contributed by atoms with Gasteiger partial charge in [0.1, 0.15) is 11.9 Å². The van der Waals surface area contributed by atoms with Gasteiger partial charge < -0.3 is 9.30 Å². The molecule has 0 bridgehead atoms. The molecule has 0 aliphatic rings. The van der Waals surface area contributed by atoms with Crippen molar-refractivity contribution in [3.63, 3.8) is 0 Å². The normalized spacial score (nSPS) is 12.2. The molecule has 0 fully saturated rings. The van der Waals surface area contributed by atoms with Crippen LogP contribution in [0.1, 0.15) is 30.2 Å². The number of rotatable bonds is 9. The quantitative estimate of drug-likeness (QED) is 0.485. The Morgan fingerprint density at radius 1 is 1.20 bits per heavy atom. The van der Waals surface area contributed by atoms with Crippen LogP contribution < -0.4 is 4.74 Å². The maximum absolute atomic E-state index is 6.42. The summed E-state index contributed by atoms with van der Waals surface area (Å²) in [5.74, 6) is 0.999. The van der Waals surface area contributed by atoms with Gasteiger partial charge in [-0.05, 0) is 43.0 Å². The number of aryl methyl sites for hydroxylation is 2. The van der Waals surface area contributed by atoms with Gasteiger partial charge in [0, 0.05) is 17.3 Å². The van der Waals surface area contributed by atoms with Gasteiger partial charge in [0.15, 0.2) is 0 Å². The molecule has 2 aromatic heterocycles. The van der Waals surface area contributed by atoms with Crippen molar-refractivity contribution in [1.82, 2.24) is 9.55 Å². The van der Waals surface area contributed by atoms with Gasteiger partial charge in [-0.15, -0.1) is 11.3 Å². The summed E-state index contributed by atoms with van der Waals surface area (Å²) in [7, 11) is 0. The number of nitrogens with zero attached hydrogens (tertiary/aromatic N) is 2. The Morgan fingerprint density at radius 3 is 2.80 bits per heavy atom. The van der Waals surface area contributed by atoms with Crippen molar-refractivity contribution in [3.05, 3.63) is 69.9 Å². The van der Waals surface area contributed by atoms with E-state index >= 15 is 0 Å². The zero-order valence-corrected chi connectivity index (χ0v) is 16.0. The Kier molecular flexibility index (Phi) is 6.54. The van der Waals surface area contributed by atoms with Crippen molar-refractivity contribution < 1.29 is 4.74 Å². The van der Waals surface area contributed by atoms with Crippen molar-refractivity contribution >= 4 is 22.9 Å². The molecule has 0 saturated carbocycles. The lowest BCUT2D eigenvalue weighted by Crippen LogP contribution is -2.24. The standard InChI is InChI=1S/C20H23ClN2OS/c1-2-5-16-6-3-4-7-19(16)24-17(14-23-13-12-22-15-23)8-9-18-10-11-20(21)25-18/h3-4,6-7,10-13,15,17H,2,5,8-9,14H2,1H3. The molecule has 3 rings (SSSR count). The third kappa shape index (κ3) is 5.35. The van der Waals surface area contributed by atoms with Crippen molar-refractivity contribution in [2.75, 3.05) is 0 Å². The van der Waals surface area contributed by atoms with E-state index in [4.69, 9.17) is 16.3 Å². The average molecular weight is 375 g/mol. The van der Waals surface area contributed by atoms with E-state index in [1.54, 1.807) is 17.5 Å². The molecular weight excluding hydrogens is 352 g/mol. The van der Waals surface area contributed by atoms with Crippen LogP contribution in [-0.2, 0) is 19.4 Å². The fourth-order valence-electron chi connectivity index (χ4n) is 2.88. The van der Waals surface area contributed by atoms with Gasteiger partial charge in [0.2, 0.25) is 0 Å². The number of aromatic nitrogens is 2. The van der Waals surface area contributed by atoms with Crippen LogP contribution in [0.4, 0.5) is 0 Å². The summed E-state index contributed by atoms with van der Waals surface area (Å²) >= 11 is 7.70. The van der Waals surface area contributed by atoms with Gasteiger partial charge in [-0.3, -0.25) is 0 Å². The van der Waals surface area contributed by atoms with Crippen molar-refractivity contribution in [1.29, 1.82) is 0 Å². The van der Waals surface area contributed by atoms with E-state index in [0.29, 0.717) is 0 Å². The first-order chi connectivity index (χ1) is 12.2. The smallest absolute Gasteiger partial charge is 0.123 e. The van der Waals surface area contributed by atoms with Crippen LogP contribution >= 0.6 is 22.9 Å². The van der Waals surface area contributed by atoms with Crippen LogP contribution in [-0.4, -0.2) is 15.7 Å². The first-order valence-corrected chi connectivity index (χ1v) is 9.88. The summed E-state index contributed by atoms with van der Waals surface area (Å²) < 4.78 is 9.34. The summed E-state index contributed by atoms with van der Waals surface area (Å²) in [6.07, 6.45) is 9.78. The molecule has 3 nitrogen and oxygen atoms in total. The SMILES string of the molecule is CCCc1ccccc1OC(CCc1ccc(Cl)s1)Cn1ccnc1. The topological polar surface area (TPSA) is 27.1 Å². The molecule has 2 heterocycles. The van der Waals surface area contributed by atoms with Gasteiger partial charge >= 0.3 is 0 Å². The molecule has 0 aliphatic heterocycles. The molecule has 1 atom stereocenters. The van der Waals surface area contributed by atoms with Crippen LogP contribution in [0, 0.1) is 0 Å². The van der Waals surface area contributed by atoms with Gasteiger partial charge in [0.25, 0.3) is 0 Å². The fraction of sp³-hybridized carbons (Fsp3) is 0.350. The lowest BCUT2D eigenvalue weighted by molar-refractivity contribution is 0.169. The van der Waals surface area contributed by atoms with E-state index in [1.807, 2.05) is 24.7 Å². The van der Waals surface area contributed by atoms with E-state index in [1.165, 1.54) is 10.4 Å². The number of hydrogen-bond donors (Lipinski definition) is 0. The largest absolute Gasteiger partial charge is 0.488 e. The van der Waals surface area contributed by atoms with E-state index < -0.39 is 0 Å². The summed E-state index contributed by atoms with van der Waals surface area (Å²) in [4.78, 5) is 5.44. The molecule has 1 unspecified atom stereocenters. The highest BCUT2D eigenvalue weighted by Crippen LogP contribution is 2.25. The molecule has 0 radical (unpaired) electrons. The summed E-state index contributed by atoms with van der Waals surface area (Å²) in [6.45, 7) is 2.99. The summed E-state index contributed by atoms with van der Waals surface area (Å²) in [6, 6.07) is 12.4. The Balaban J connectivity index is 1.71. The molecule has 132 valence electrons. The Hall–Kier alpha value is -1.78. The number of hydrogen-bond acceptors (Lipinski definition) is 3. The third-order valence-electron chi connectivity index (χ3n) is 4.10. The number of para-hydroxylation sites is 1. The number of halogens is 1. The fourth-order valence-corrected chi connectivity index (χ4v) is 3.98. The molecule has 1 aromatic carbocycles. The number of thiophene rings is 1. The molecule has 0 N–H and O–H groups in total. The van der Waals surface area contributed by atoms with Crippen LogP contribution in [0.15, 0.2) is 55.1 Å². The van der Waals surface area contributed by atoms with Crippen molar-refractivity contribution in [2.45, 2.75) is 45.3 Å². The molecule has 3 aromatic rings. The lowest BCUT2D eigenvalue weighted by Gasteiger charge is -2.21. The number of ether oxygens (including phenoxy) is 1. The van der Waals surface area contributed by atoms with Crippen molar-refractivity contribution in [3.8, 4) is 5.75 Å². The number of benzene rings is 1. The maximum atomic E-state index is 6.42. The lowest BCUT2D eigenvalue weighted by atomic mass is 10.1. The number of imidazole rings is 1. The van der Waals surface area contributed by atoms with Gasteiger partial charge in [-0.25, -0.2) is 4.98 Å². The third-order valence-corrected chi connectivity index (χ3v) is 5.39. The van der Waals surface area contributed by atoms with Crippen molar-refractivity contribution in [2.24, 2.45) is 0 Å². The molecule has 0 amide bonds. The first-order valence-electron chi connectivity index (χ1n) is 8.69. The minimum absolute atomic E-state index is 0.0908. The first kappa shape index (κ1) is 18.0. The maximum Gasteiger partial charge on any atom is 0.123 e. The Labute approximate surface area is 158 Å². The highest BCUT2D eigenvalue weighted by Gasteiger charge is 2.14. The minimum atomic E-state index is 0.0908. The molecule has 0 saturated heterocycles. The Morgan fingerprint density at radius 2 is 2.08 bits per heavy atom. The van der Waals surface area contributed by atoms with Gasteiger partial charge in [0.05, 0.1) is 17.2 Å². The van der Waals surface area contributed by atoms with Crippen LogP contribution in [0.2, 0.25) is 4.34 Å². The molecular formula is C20H23ClN2OS. The van der Waals surface area contributed by atoms with Crippen LogP contribution in [0.5, 0.6) is 5.75 Å². The Bertz CT molecular complexity index is 770. The van der Waals surface area contributed by atoms with E-state index in [2.05, 4.69) is 40.7 Å². The second kappa shape index (κ2) is 9.07. The summed E-state index contributed by atoms with van der Waals surface area (Å²) in [5, 5.41) is 0. The zero-order valence-electron chi connectivity index (χ0n) is 14.4. The zero-order chi connectivity index (χ0) is 17.5. The van der Waals surface area contributed by atoms with Crippen LogP contribution in [0.3, 0.4) is 0 Å². The molecule has 0 spiro atoms. The molecule has 5 heteroatoms.